The van der Waals surface area contributed by atoms with Crippen LogP contribution in [0.25, 0.3) is 0 Å². The van der Waals surface area contributed by atoms with E-state index in [0.717, 1.165) is 12.0 Å². The van der Waals surface area contributed by atoms with Crippen LogP contribution in [0.15, 0.2) is 24.3 Å². The molecular weight excluding hydrogens is 155 g/mol. The molecule has 2 heteroatoms. The molecule has 0 aromatic heterocycles. The van der Waals surface area contributed by atoms with E-state index in [4.69, 9.17) is 5.11 Å². The van der Waals surface area contributed by atoms with E-state index < -0.39 is 0 Å². The van der Waals surface area contributed by atoms with Gasteiger partial charge in [0, 0.05) is 6.61 Å². The van der Waals surface area contributed by atoms with E-state index in [1.54, 1.807) is 12.1 Å². The van der Waals surface area contributed by atoms with Crippen LogP contribution in [0.5, 0.6) is 0 Å². The molecular formula is C10H11FO. The highest BCUT2D eigenvalue weighted by atomic mass is 19.1. The van der Waals surface area contributed by atoms with Gasteiger partial charge in [-0.05, 0) is 29.9 Å². The Hall–Kier alpha value is -0.890. The summed E-state index contributed by atoms with van der Waals surface area (Å²) in [5.74, 6) is 0.413. The molecule has 0 spiro atoms. The molecule has 0 saturated heterocycles. The normalized spacial score (nSPS) is 27.2. The van der Waals surface area contributed by atoms with Crippen LogP contribution in [0.3, 0.4) is 0 Å². The van der Waals surface area contributed by atoms with Crippen LogP contribution < -0.4 is 0 Å². The number of benzene rings is 1. The van der Waals surface area contributed by atoms with Gasteiger partial charge in [0.25, 0.3) is 0 Å². The molecule has 1 N–H and O–H groups in total. The SMILES string of the molecule is OC[C@@H]1C[C@H]1c1ccccc1F. The number of halogens is 1. The molecule has 1 aromatic carbocycles. The van der Waals surface area contributed by atoms with Gasteiger partial charge in [-0.15, -0.1) is 0 Å². The summed E-state index contributed by atoms with van der Waals surface area (Å²) in [7, 11) is 0. The molecule has 64 valence electrons. The predicted octanol–water partition coefficient (Wildman–Crippen LogP) is 1.92. The van der Waals surface area contributed by atoms with Gasteiger partial charge >= 0.3 is 0 Å². The first-order valence-corrected chi connectivity index (χ1v) is 4.18. The van der Waals surface area contributed by atoms with Gasteiger partial charge in [0.1, 0.15) is 5.82 Å². The number of aliphatic hydroxyl groups excluding tert-OH is 1. The lowest BCUT2D eigenvalue weighted by molar-refractivity contribution is 0.273. The minimum Gasteiger partial charge on any atom is -0.396 e. The maximum atomic E-state index is 13.1. The first-order valence-electron chi connectivity index (χ1n) is 4.18. The molecule has 2 rings (SSSR count). The molecule has 0 heterocycles. The van der Waals surface area contributed by atoms with Crippen LogP contribution in [-0.2, 0) is 0 Å². The highest BCUT2D eigenvalue weighted by molar-refractivity contribution is 5.27. The quantitative estimate of drug-likeness (QED) is 0.711. The fourth-order valence-corrected chi connectivity index (χ4v) is 1.61. The van der Waals surface area contributed by atoms with Gasteiger partial charge in [-0.25, -0.2) is 4.39 Å². The molecule has 0 unspecified atom stereocenters. The molecule has 2 atom stereocenters. The summed E-state index contributed by atoms with van der Waals surface area (Å²) in [6.07, 6.45) is 0.928. The van der Waals surface area contributed by atoms with Gasteiger partial charge in [-0.1, -0.05) is 18.2 Å². The monoisotopic (exact) mass is 166 g/mol. The smallest absolute Gasteiger partial charge is 0.126 e. The third-order valence-electron chi connectivity index (χ3n) is 2.46. The lowest BCUT2D eigenvalue weighted by Gasteiger charge is -1.99. The fraction of sp³-hybridized carbons (Fsp3) is 0.400. The fourth-order valence-electron chi connectivity index (χ4n) is 1.61. The second kappa shape index (κ2) is 2.87. The summed E-state index contributed by atoms with van der Waals surface area (Å²) >= 11 is 0. The molecule has 1 fully saturated rings. The van der Waals surface area contributed by atoms with Crippen molar-refractivity contribution < 1.29 is 9.50 Å². The third kappa shape index (κ3) is 1.23. The largest absolute Gasteiger partial charge is 0.396 e. The molecule has 0 aliphatic heterocycles. The first kappa shape index (κ1) is 7.74. The zero-order chi connectivity index (χ0) is 8.55. The van der Waals surface area contributed by atoms with Gasteiger partial charge in [-0.3, -0.25) is 0 Å². The Kier molecular flexibility index (Phi) is 1.85. The van der Waals surface area contributed by atoms with E-state index in [9.17, 15) is 4.39 Å². The van der Waals surface area contributed by atoms with Gasteiger partial charge < -0.3 is 5.11 Å². The molecule has 1 saturated carbocycles. The summed E-state index contributed by atoms with van der Waals surface area (Å²) in [4.78, 5) is 0. The molecule has 1 aromatic rings. The lowest BCUT2D eigenvalue weighted by atomic mass is 10.1. The summed E-state index contributed by atoms with van der Waals surface area (Å²) in [6.45, 7) is 0.180. The lowest BCUT2D eigenvalue weighted by Crippen LogP contribution is -1.91. The zero-order valence-electron chi connectivity index (χ0n) is 6.70. The Morgan fingerprint density at radius 3 is 2.75 bits per heavy atom. The third-order valence-corrected chi connectivity index (χ3v) is 2.46. The van der Waals surface area contributed by atoms with E-state index >= 15 is 0 Å². The number of hydrogen-bond acceptors (Lipinski definition) is 1. The van der Waals surface area contributed by atoms with Crippen LogP contribution in [0, 0.1) is 11.7 Å². The number of rotatable bonds is 2. The molecule has 1 aliphatic carbocycles. The van der Waals surface area contributed by atoms with Gasteiger partial charge in [0.05, 0.1) is 0 Å². The van der Waals surface area contributed by atoms with E-state index in [2.05, 4.69) is 0 Å². The van der Waals surface area contributed by atoms with E-state index in [1.165, 1.54) is 6.07 Å². The zero-order valence-corrected chi connectivity index (χ0v) is 6.70. The van der Waals surface area contributed by atoms with Crippen molar-refractivity contribution in [1.82, 2.24) is 0 Å². The number of aliphatic hydroxyl groups is 1. The average Bonchev–Trinajstić information content (AvgIpc) is 2.84. The van der Waals surface area contributed by atoms with Gasteiger partial charge in [-0.2, -0.15) is 0 Å². The van der Waals surface area contributed by atoms with Crippen LogP contribution in [0.2, 0.25) is 0 Å². The Morgan fingerprint density at radius 2 is 2.17 bits per heavy atom. The molecule has 12 heavy (non-hydrogen) atoms. The highest BCUT2D eigenvalue weighted by Gasteiger charge is 2.38. The maximum Gasteiger partial charge on any atom is 0.126 e. The van der Waals surface area contributed by atoms with E-state index in [1.807, 2.05) is 6.07 Å². The van der Waals surface area contributed by atoms with Crippen molar-refractivity contribution in [3.63, 3.8) is 0 Å². The number of hydrogen-bond donors (Lipinski definition) is 1. The summed E-state index contributed by atoms with van der Waals surface area (Å²) < 4.78 is 13.1. The second-order valence-electron chi connectivity index (χ2n) is 3.31. The maximum absolute atomic E-state index is 13.1. The molecule has 1 nitrogen and oxygen atoms in total. The van der Waals surface area contributed by atoms with Crippen molar-refractivity contribution >= 4 is 0 Å². The van der Waals surface area contributed by atoms with Crippen molar-refractivity contribution in [1.29, 1.82) is 0 Å². The molecule has 0 bridgehead atoms. The van der Waals surface area contributed by atoms with Crippen LogP contribution in [-0.4, -0.2) is 11.7 Å². The topological polar surface area (TPSA) is 20.2 Å². The van der Waals surface area contributed by atoms with Crippen molar-refractivity contribution in [3.05, 3.63) is 35.6 Å². The summed E-state index contributed by atoms with van der Waals surface area (Å²) in [6, 6.07) is 6.80. The summed E-state index contributed by atoms with van der Waals surface area (Å²) in [5.41, 5.74) is 0.761. The molecule has 1 aliphatic rings. The second-order valence-corrected chi connectivity index (χ2v) is 3.31. The Bertz CT molecular complexity index is 285. The molecule has 0 amide bonds. The van der Waals surface area contributed by atoms with Crippen LogP contribution >= 0.6 is 0 Å². The minimum absolute atomic E-state index is 0.140. The first-order chi connectivity index (χ1) is 5.83. The van der Waals surface area contributed by atoms with E-state index in [-0.39, 0.29) is 18.3 Å². The Morgan fingerprint density at radius 1 is 1.42 bits per heavy atom. The summed E-state index contributed by atoms with van der Waals surface area (Å²) in [5, 5.41) is 8.81. The Labute approximate surface area is 70.8 Å². The highest BCUT2D eigenvalue weighted by Crippen LogP contribution is 2.47. The average molecular weight is 166 g/mol. The Balaban J connectivity index is 2.19. The van der Waals surface area contributed by atoms with Crippen LogP contribution in [0.1, 0.15) is 17.9 Å². The van der Waals surface area contributed by atoms with Crippen molar-refractivity contribution in [2.75, 3.05) is 6.61 Å². The van der Waals surface area contributed by atoms with Gasteiger partial charge in [0.15, 0.2) is 0 Å². The van der Waals surface area contributed by atoms with E-state index in [0.29, 0.717) is 5.92 Å². The minimum atomic E-state index is -0.140. The van der Waals surface area contributed by atoms with Crippen molar-refractivity contribution in [2.24, 2.45) is 5.92 Å². The van der Waals surface area contributed by atoms with Gasteiger partial charge in [0.2, 0.25) is 0 Å². The molecule has 0 radical (unpaired) electrons. The standard InChI is InChI=1S/C10H11FO/c11-10-4-2-1-3-8(10)9-5-7(9)6-12/h1-4,7,9,12H,5-6H2/t7-,9+/m0/s1. The van der Waals surface area contributed by atoms with Crippen molar-refractivity contribution in [2.45, 2.75) is 12.3 Å². The predicted molar refractivity (Wildman–Crippen MR) is 44.3 cm³/mol. The van der Waals surface area contributed by atoms with Crippen molar-refractivity contribution in [3.8, 4) is 0 Å². The van der Waals surface area contributed by atoms with Crippen LogP contribution in [0.4, 0.5) is 4.39 Å².